The molecule has 0 aromatic heterocycles. The number of carbonyl (C=O) groups is 4. The van der Waals surface area contributed by atoms with Gasteiger partial charge in [-0.3, -0.25) is 24.5 Å². The standard InChI is InChI=1S/C15H23NO4.C6H6O.C2H5NO2/c1-8-3-9(2)15(20)11(4-8)12(17)5-10-6-13(18)16-14(19)7-10;7-6-4-2-1-3-5-6;3-1-2(4)5/h8-12,17H,3-7H2,1-2H3,(H,16,18,19);1-5,7H;1,3H2,(H,4,5)/t8-,9-,11-,12+;;/m0../s1. The maximum Gasteiger partial charge on any atom is 0.317 e. The molecule has 0 radical (unpaired) electrons. The summed E-state index contributed by atoms with van der Waals surface area (Å²) >= 11 is 0. The lowest BCUT2D eigenvalue weighted by Crippen LogP contribution is -2.42. The number of aliphatic carboxylic acids is 1. The minimum Gasteiger partial charge on any atom is -0.508 e. The topological polar surface area (TPSA) is 167 Å². The first-order valence-electron chi connectivity index (χ1n) is 10.7. The van der Waals surface area contributed by atoms with E-state index in [0.29, 0.717) is 24.5 Å². The van der Waals surface area contributed by atoms with Crippen LogP contribution in [-0.2, 0) is 19.2 Å². The third kappa shape index (κ3) is 10.0. The molecule has 0 bridgehead atoms. The molecule has 4 atom stereocenters. The monoisotopic (exact) mass is 450 g/mol. The number of Topliss-reactive ketones (excluding diaryl/α,β-unsaturated/α-hetero) is 1. The van der Waals surface area contributed by atoms with Crippen molar-refractivity contribution in [1.82, 2.24) is 5.32 Å². The van der Waals surface area contributed by atoms with Crippen LogP contribution in [0.15, 0.2) is 30.3 Å². The number of aliphatic hydroxyl groups excluding tert-OH is 1. The Labute approximate surface area is 188 Å². The highest BCUT2D eigenvalue weighted by Gasteiger charge is 2.38. The van der Waals surface area contributed by atoms with Gasteiger partial charge in [-0.1, -0.05) is 32.0 Å². The first kappa shape index (κ1) is 27.3. The largest absolute Gasteiger partial charge is 0.508 e. The quantitative estimate of drug-likeness (QED) is 0.430. The molecule has 1 saturated heterocycles. The molecule has 1 aliphatic carbocycles. The zero-order valence-electron chi connectivity index (χ0n) is 18.6. The molecule has 2 aliphatic rings. The molecule has 1 saturated carbocycles. The summed E-state index contributed by atoms with van der Waals surface area (Å²) in [5, 5.41) is 28.8. The average molecular weight is 451 g/mol. The van der Waals surface area contributed by atoms with E-state index < -0.39 is 12.1 Å². The zero-order chi connectivity index (χ0) is 24.3. The normalized spacial score (nSPS) is 24.2. The summed E-state index contributed by atoms with van der Waals surface area (Å²) in [5.74, 6) is -1.14. The number of benzene rings is 1. The van der Waals surface area contributed by atoms with Crippen LogP contribution in [0.4, 0.5) is 0 Å². The van der Waals surface area contributed by atoms with Gasteiger partial charge in [-0.15, -0.1) is 0 Å². The van der Waals surface area contributed by atoms with Crippen molar-refractivity contribution < 1.29 is 34.5 Å². The lowest BCUT2D eigenvalue weighted by molar-refractivity contribution is -0.137. The highest BCUT2D eigenvalue weighted by atomic mass is 16.4. The number of aliphatic hydroxyl groups is 1. The van der Waals surface area contributed by atoms with Gasteiger partial charge in [-0.2, -0.15) is 0 Å². The number of carbonyl (C=O) groups excluding carboxylic acids is 3. The highest BCUT2D eigenvalue weighted by molar-refractivity contribution is 5.97. The van der Waals surface area contributed by atoms with Gasteiger partial charge < -0.3 is 21.1 Å². The van der Waals surface area contributed by atoms with Crippen LogP contribution in [0.3, 0.4) is 0 Å². The van der Waals surface area contributed by atoms with E-state index in [1.165, 1.54) is 0 Å². The molecule has 1 aliphatic heterocycles. The first-order valence-corrected chi connectivity index (χ1v) is 10.7. The predicted molar refractivity (Wildman–Crippen MR) is 117 cm³/mol. The van der Waals surface area contributed by atoms with E-state index in [2.05, 4.69) is 18.0 Å². The molecule has 2 fully saturated rings. The Morgan fingerprint density at radius 3 is 2.06 bits per heavy atom. The lowest BCUT2D eigenvalue weighted by Gasteiger charge is -2.34. The second kappa shape index (κ2) is 13.6. The number of para-hydroxylation sites is 1. The Morgan fingerprint density at radius 1 is 1.09 bits per heavy atom. The molecule has 9 nitrogen and oxygen atoms in total. The molecule has 0 unspecified atom stereocenters. The van der Waals surface area contributed by atoms with Crippen LogP contribution in [-0.4, -0.2) is 51.5 Å². The summed E-state index contributed by atoms with van der Waals surface area (Å²) in [7, 11) is 0. The van der Waals surface area contributed by atoms with Crippen LogP contribution in [0.1, 0.15) is 46.0 Å². The summed E-state index contributed by atoms with van der Waals surface area (Å²) in [6.45, 7) is 3.73. The molecule has 1 aromatic carbocycles. The summed E-state index contributed by atoms with van der Waals surface area (Å²) in [6.07, 6.45) is 1.72. The minimum atomic E-state index is -0.968. The van der Waals surface area contributed by atoms with Crippen molar-refractivity contribution in [3.8, 4) is 5.75 Å². The summed E-state index contributed by atoms with van der Waals surface area (Å²) in [6, 6.07) is 8.71. The molecule has 32 heavy (non-hydrogen) atoms. The van der Waals surface area contributed by atoms with Gasteiger partial charge >= 0.3 is 5.97 Å². The number of phenols is 1. The summed E-state index contributed by atoms with van der Waals surface area (Å²) in [4.78, 5) is 44.1. The highest BCUT2D eigenvalue weighted by Crippen LogP contribution is 2.34. The van der Waals surface area contributed by atoms with Gasteiger partial charge in [-0.25, -0.2) is 0 Å². The van der Waals surface area contributed by atoms with Gasteiger partial charge in [0.1, 0.15) is 11.5 Å². The molecule has 3 rings (SSSR count). The second-order valence-electron chi connectivity index (χ2n) is 8.47. The molecular weight excluding hydrogens is 416 g/mol. The number of aromatic hydroxyl groups is 1. The van der Waals surface area contributed by atoms with Crippen molar-refractivity contribution in [2.75, 3.05) is 6.54 Å². The molecule has 1 heterocycles. The van der Waals surface area contributed by atoms with Crippen LogP contribution in [0.25, 0.3) is 0 Å². The van der Waals surface area contributed by atoms with Crippen molar-refractivity contribution in [1.29, 1.82) is 0 Å². The van der Waals surface area contributed by atoms with E-state index in [0.717, 1.165) is 6.42 Å². The van der Waals surface area contributed by atoms with Crippen LogP contribution >= 0.6 is 0 Å². The number of ketones is 1. The minimum absolute atomic E-state index is 0.00492. The smallest absolute Gasteiger partial charge is 0.317 e. The van der Waals surface area contributed by atoms with Crippen LogP contribution < -0.4 is 11.1 Å². The number of hydrogen-bond donors (Lipinski definition) is 5. The average Bonchev–Trinajstić information content (AvgIpc) is 2.71. The van der Waals surface area contributed by atoms with E-state index in [4.69, 9.17) is 10.2 Å². The molecule has 0 spiro atoms. The maximum absolute atomic E-state index is 12.2. The van der Waals surface area contributed by atoms with Gasteiger partial charge in [0.25, 0.3) is 0 Å². The van der Waals surface area contributed by atoms with Gasteiger partial charge in [0.2, 0.25) is 11.8 Å². The number of piperidine rings is 1. The van der Waals surface area contributed by atoms with Crippen molar-refractivity contribution >= 4 is 23.6 Å². The molecule has 9 heteroatoms. The molecule has 2 amide bonds. The Morgan fingerprint density at radius 2 is 1.62 bits per heavy atom. The van der Waals surface area contributed by atoms with Crippen molar-refractivity contribution in [3.05, 3.63) is 30.3 Å². The Balaban J connectivity index is 0.000000349. The van der Waals surface area contributed by atoms with Crippen molar-refractivity contribution in [3.63, 3.8) is 0 Å². The third-order valence-corrected chi connectivity index (χ3v) is 5.46. The number of carboxylic acid groups (broad SMARTS) is 1. The first-order chi connectivity index (χ1) is 15.0. The fourth-order valence-electron chi connectivity index (χ4n) is 4.03. The van der Waals surface area contributed by atoms with E-state index in [1.54, 1.807) is 24.3 Å². The van der Waals surface area contributed by atoms with Gasteiger partial charge in [0.15, 0.2) is 0 Å². The van der Waals surface area contributed by atoms with Gasteiger partial charge in [0.05, 0.1) is 12.6 Å². The fraction of sp³-hybridized carbons (Fsp3) is 0.565. The van der Waals surface area contributed by atoms with Gasteiger partial charge in [-0.05, 0) is 43.2 Å². The van der Waals surface area contributed by atoms with Crippen LogP contribution in [0, 0.1) is 23.7 Å². The molecule has 6 N–H and O–H groups in total. The number of nitrogens with one attached hydrogen (secondary N) is 1. The Bertz CT molecular complexity index is 753. The second-order valence-corrected chi connectivity index (χ2v) is 8.47. The summed E-state index contributed by atoms with van der Waals surface area (Å²) in [5.41, 5.74) is 4.57. The molecule has 178 valence electrons. The maximum atomic E-state index is 12.2. The Hall–Kier alpha value is -2.78. The van der Waals surface area contributed by atoms with Crippen LogP contribution in [0.2, 0.25) is 0 Å². The third-order valence-electron chi connectivity index (χ3n) is 5.46. The number of phenolic OH excluding ortho intramolecular Hbond substituents is 1. The molecular formula is C23H34N2O7. The Kier molecular flexibility index (Phi) is 11.6. The number of amides is 2. The van der Waals surface area contributed by atoms with Gasteiger partial charge in [0, 0.05) is 24.7 Å². The van der Waals surface area contributed by atoms with Crippen LogP contribution in [0.5, 0.6) is 5.75 Å². The van der Waals surface area contributed by atoms with Crippen molar-refractivity contribution in [2.45, 2.75) is 52.1 Å². The lowest BCUT2D eigenvalue weighted by atomic mass is 9.71. The molecule has 1 aromatic rings. The SMILES string of the molecule is C[C@@H]1C[C@@H]([C@H](O)CC2CC(=O)NC(=O)C2)C(=O)[C@@H](C)C1.NCC(=O)O.Oc1ccccc1. The predicted octanol–water partition coefficient (Wildman–Crippen LogP) is 1.46. The fourth-order valence-corrected chi connectivity index (χ4v) is 4.03. The zero-order valence-corrected chi connectivity index (χ0v) is 18.6. The van der Waals surface area contributed by atoms with Crippen molar-refractivity contribution in [2.24, 2.45) is 29.4 Å². The number of carboxylic acids is 1. The summed E-state index contributed by atoms with van der Waals surface area (Å²) < 4.78 is 0. The number of nitrogens with two attached hydrogens (primary N) is 1. The van der Waals surface area contributed by atoms with E-state index in [-0.39, 0.29) is 54.7 Å². The van der Waals surface area contributed by atoms with E-state index in [1.807, 2.05) is 13.0 Å². The van der Waals surface area contributed by atoms with E-state index >= 15 is 0 Å². The number of imide groups is 1. The number of hydrogen-bond acceptors (Lipinski definition) is 7. The van der Waals surface area contributed by atoms with E-state index in [9.17, 15) is 24.3 Å². The number of rotatable bonds is 4.